The number of carbonyl (C=O) groups is 2. The molecular formula is C34H28F2N8O7S. The average Bonchev–Trinajstić information content (AvgIpc) is 3.62. The smallest absolute Gasteiger partial charge is 0.335 e. The van der Waals surface area contributed by atoms with Gasteiger partial charge in [-0.05, 0) is 60.5 Å². The van der Waals surface area contributed by atoms with Gasteiger partial charge in [0.05, 0.1) is 56.5 Å². The summed E-state index contributed by atoms with van der Waals surface area (Å²) < 4.78 is 61.8. The van der Waals surface area contributed by atoms with Crippen LogP contribution >= 0.6 is 0 Å². The summed E-state index contributed by atoms with van der Waals surface area (Å²) >= 11 is 0. The Labute approximate surface area is 292 Å². The number of sulfonamides is 1. The summed E-state index contributed by atoms with van der Waals surface area (Å²) in [7, 11) is -2.92. The maximum absolute atomic E-state index is 15.1. The number of amides is 1. The number of rotatable bonds is 11. The second kappa shape index (κ2) is 14.0. The van der Waals surface area contributed by atoms with Crippen LogP contribution in [0.4, 0.5) is 14.5 Å². The fraction of sp³-hybridized carbons (Fsp3) is 0.147. The monoisotopic (exact) mass is 730 g/mol. The Morgan fingerprint density at radius 2 is 1.65 bits per heavy atom. The molecule has 3 N–H and O–H groups in total. The van der Waals surface area contributed by atoms with E-state index < -0.39 is 62.1 Å². The molecule has 18 heteroatoms. The lowest BCUT2D eigenvalue weighted by Gasteiger charge is -2.16. The number of halogens is 2. The summed E-state index contributed by atoms with van der Waals surface area (Å²) in [5, 5.41) is 20.1. The molecule has 1 amide bonds. The van der Waals surface area contributed by atoms with Crippen LogP contribution in [0.2, 0.25) is 0 Å². The Balaban J connectivity index is 1.16. The first-order valence-electron chi connectivity index (χ1n) is 15.5. The molecule has 6 aromatic rings. The zero-order valence-corrected chi connectivity index (χ0v) is 28.1. The number of fused-ring (bicyclic) bond motifs is 1. The van der Waals surface area contributed by atoms with Crippen molar-refractivity contribution in [3.63, 3.8) is 0 Å². The van der Waals surface area contributed by atoms with E-state index >= 15 is 8.78 Å². The molecule has 0 aliphatic heterocycles. The number of hydrogen-bond acceptors (Lipinski definition) is 9. The highest BCUT2D eigenvalue weighted by Crippen LogP contribution is 2.24. The molecule has 0 saturated carbocycles. The standard InChI is InChI=1S/C34H28F2N8O7S/c1-3-20-18-43(41-39-20)21-8-10-23(11-9-21)52(50,51)40-28-16-26(35)25(15-27(28)36)31(45)38-29(33(47)48)14-19-4-6-22(7-5-19)44-32(46)24-12-13-37-17-30(24)42(2)34(44)49/h4-13,15-18,29,40H,3,14H2,1-2H3,(H,38,45)(H,47,48)/t29-/m0/s1. The van der Waals surface area contributed by atoms with Gasteiger partial charge < -0.3 is 10.4 Å². The highest BCUT2D eigenvalue weighted by atomic mass is 32.2. The van der Waals surface area contributed by atoms with Crippen LogP contribution in [0.3, 0.4) is 0 Å². The highest BCUT2D eigenvalue weighted by molar-refractivity contribution is 7.92. The van der Waals surface area contributed by atoms with Gasteiger partial charge in [0.2, 0.25) is 0 Å². The van der Waals surface area contributed by atoms with Gasteiger partial charge in [0.1, 0.15) is 17.7 Å². The molecule has 52 heavy (non-hydrogen) atoms. The van der Waals surface area contributed by atoms with Gasteiger partial charge in [0, 0.05) is 25.7 Å². The Morgan fingerprint density at radius 3 is 2.31 bits per heavy atom. The van der Waals surface area contributed by atoms with Crippen LogP contribution in [0.25, 0.3) is 22.3 Å². The van der Waals surface area contributed by atoms with Crippen molar-refractivity contribution in [3.8, 4) is 11.4 Å². The Bertz CT molecular complexity index is 2590. The minimum atomic E-state index is -4.41. The molecule has 0 bridgehead atoms. The first-order valence-corrected chi connectivity index (χ1v) is 17.0. The molecule has 0 aliphatic rings. The van der Waals surface area contributed by atoms with Gasteiger partial charge >= 0.3 is 11.7 Å². The van der Waals surface area contributed by atoms with Gasteiger partial charge in [-0.25, -0.2) is 36.0 Å². The number of nitrogens with zero attached hydrogens (tertiary/aromatic N) is 6. The first-order chi connectivity index (χ1) is 24.8. The molecule has 1 atom stereocenters. The minimum absolute atomic E-state index is 0.200. The van der Waals surface area contributed by atoms with Gasteiger partial charge in [0.25, 0.3) is 21.5 Å². The number of hydrogen-bond donors (Lipinski definition) is 3. The van der Waals surface area contributed by atoms with Gasteiger partial charge in [-0.15, -0.1) is 5.10 Å². The molecule has 3 aromatic heterocycles. The molecular weight excluding hydrogens is 702 g/mol. The summed E-state index contributed by atoms with van der Waals surface area (Å²) in [6.07, 6.45) is 4.83. The zero-order chi connectivity index (χ0) is 37.3. The third kappa shape index (κ3) is 6.91. The maximum Gasteiger partial charge on any atom is 0.335 e. The number of aliphatic carboxylic acids is 1. The second-order valence-electron chi connectivity index (χ2n) is 11.5. The topological polar surface area (TPSA) is 200 Å². The van der Waals surface area contributed by atoms with E-state index in [4.69, 9.17) is 0 Å². The molecule has 0 radical (unpaired) electrons. The van der Waals surface area contributed by atoms with Crippen molar-refractivity contribution in [2.75, 3.05) is 4.72 Å². The van der Waals surface area contributed by atoms with Crippen LogP contribution < -0.4 is 21.3 Å². The first kappa shape index (κ1) is 35.3. The van der Waals surface area contributed by atoms with E-state index in [1.165, 1.54) is 83.3 Å². The number of carbonyl (C=O) groups excluding carboxylic acids is 1. The van der Waals surface area contributed by atoms with E-state index in [9.17, 15) is 32.7 Å². The van der Waals surface area contributed by atoms with Crippen molar-refractivity contribution in [1.82, 2.24) is 34.4 Å². The number of benzene rings is 3. The molecule has 0 saturated heterocycles. The van der Waals surface area contributed by atoms with E-state index in [-0.39, 0.29) is 22.4 Å². The largest absolute Gasteiger partial charge is 0.480 e. The molecule has 0 spiro atoms. The van der Waals surface area contributed by atoms with Crippen LogP contribution in [0.1, 0.15) is 28.5 Å². The third-order valence-electron chi connectivity index (χ3n) is 8.17. The molecule has 0 unspecified atom stereocenters. The van der Waals surface area contributed by atoms with E-state index in [0.29, 0.717) is 35.3 Å². The quantitative estimate of drug-likeness (QED) is 0.178. The number of aromatic nitrogens is 6. The molecule has 0 aliphatic carbocycles. The number of pyridine rings is 1. The predicted octanol–water partition coefficient (Wildman–Crippen LogP) is 2.73. The van der Waals surface area contributed by atoms with Crippen LogP contribution in [0, 0.1) is 11.6 Å². The number of carboxylic acids is 1. The van der Waals surface area contributed by atoms with Crippen molar-refractivity contribution in [2.45, 2.75) is 30.7 Å². The summed E-state index contributed by atoms with van der Waals surface area (Å²) in [6, 6.07) is 11.9. The number of carboxylic acid groups (broad SMARTS) is 1. The maximum atomic E-state index is 15.1. The van der Waals surface area contributed by atoms with Crippen molar-refractivity contribution in [3.05, 3.63) is 135 Å². The fourth-order valence-electron chi connectivity index (χ4n) is 5.34. The van der Waals surface area contributed by atoms with Crippen molar-refractivity contribution >= 4 is 38.5 Å². The fourth-order valence-corrected chi connectivity index (χ4v) is 6.40. The summed E-state index contributed by atoms with van der Waals surface area (Å²) in [4.78, 5) is 54.7. The highest BCUT2D eigenvalue weighted by Gasteiger charge is 2.26. The van der Waals surface area contributed by atoms with E-state index in [1.54, 1.807) is 6.20 Å². The van der Waals surface area contributed by atoms with E-state index in [2.05, 4.69) is 20.6 Å². The van der Waals surface area contributed by atoms with Crippen LogP contribution in [0.15, 0.2) is 99.8 Å². The Hall–Kier alpha value is -6.56. The predicted molar refractivity (Wildman–Crippen MR) is 183 cm³/mol. The van der Waals surface area contributed by atoms with Crippen LogP contribution in [-0.2, 0) is 34.7 Å². The summed E-state index contributed by atoms with van der Waals surface area (Å²) in [5.41, 5.74) is -0.725. The van der Waals surface area contributed by atoms with Gasteiger partial charge in [-0.1, -0.05) is 24.3 Å². The molecule has 15 nitrogen and oxygen atoms in total. The van der Waals surface area contributed by atoms with Crippen LogP contribution in [-0.4, -0.2) is 60.6 Å². The molecule has 3 aromatic carbocycles. The molecule has 6 rings (SSSR count). The second-order valence-corrected chi connectivity index (χ2v) is 13.2. The Kier molecular flexibility index (Phi) is 9.49. The van der Waals surface area contributed by atoms with Gasteiger partial charge in [-0.2, -0.15) is 0 Å². The van der Waals surface area contributed by atoms with Gasteiger partial charge in [0.15, 0.2) is 0 Å². The lowest BCUT2D eigenvalue weighted by molar-refractivity contribution is -0.139. The van der Waals surface area contributed by atoms with Gasteiger partial charge in [-0.3, -0.25) is 23.9 Å². The van der Waals surface area contributed by atoms with Crippen molar-refractivity contribution in [1.29, 1.82) is 0 Å². The van der Waals surface area contributed by atoms with E-state index in [0.717, 1.165) is 10.3 Å². The average molecular weight is 731 g/mol. The van der Waals surface area contributed by atoms with Crippen molar-refractivity contribution in [2.24, 2.45) is 7.05 Å². The lowest BCUT2D eigenvalue weighted by atomic mass is 10.0. The third-order valence-corrected chi connectivity index (χ3v) is 9.55. The SMILES string of the molecule is CCc1cn(-c2ccc(S(=O)(=O)Nc3cc(F)c(C(=O)N[C@@H](Cc4ccc(-n5c(=O)c6ccncc6n(C)c5=O)cc4)C(=O)O)cc3F)cc2)nn1. The number of nitrogens with one attached hydrogen (secondary N) is 2. The zero-order valence-electron chi connectivity index (χ0n) is 27.3. The van der Waals surface area contributed by atoms with E-state index in [1.807, 2.05) is 11.6 Å². The lowest BCUT2D eigenvalue weighted by Crippen LogP contribution is -2.42. The Morgan fingerprint density at radius 1 is 0.962 bits per heavy atom. The minimum Gasteiger partial charge on any atom is -0.480 e. The van der Waals surface area contributed by atoms with Crippen molar-refractivity contribution < 1.29 is 31.9 Å². The summed E-state index contributed by atoms with van der Waals surface area (Å²) in [5.74, 6) is -5.38. The molecule has 3 heterocycles. The summed E-state index contributed by atoms with van der Waals surface area (Å²) in [6.45, 7) is 1.90. The molecule has 266 valence electrons. The normalized spacial score (nSPS) is 12.1. The number of anilines is 1. The van der Waals surface area contributed by atoms with Crippen LogP contribution in [0.5, 0.6) is 0 Å². The number of aryl methyl sites for hydroxylation is 2. The molecule has 0 fully saturated rings.